The van der Waals surface area contributed by atoms with E-state index in [1.165, 1.54) is 11.3 Å². The number of carbonyl (C=O) groups is 1. The number of thiophene rings is 1. The van der Waals surface area contributed by atoms with Gasteiger partial charge < -0.3 is 10.1 Å². The Morgan fingerprint density at radius 2 is 2.28 bits per heavy atom. The molecule has 0 saturated heterocycles. The first-order valence-corrected chi connectivity index (χ1v) is 6.43. The van der Waals surface area contributed by atoms with E-state index in [1.54, 1.807) is 6.07 Å². The molecule has 2 aromatic rings. The third-order valence-corrected chi connectivity index (χ3v) is 3.47. The lowest BCUT2D eigenvalue weighted by Crippen LogP contribution is -2.23. The molecule has 18 heavy (non-hydrogen) atoms. The molecular weight excluding hydrogens is 252 g/mol. The van der Waals surface area contributed by atoms with Crippen molar-refractivity contribution in [2.75, 3.05) is 0 Å². The Morgan fingerprint density at radius 3 is 2.94 bits per heavy atom. The molecule has 5 nitrogen and oxygen atoms in total. The molecule has 0 amide bonds. The monoisotopic (exact) mass is 266 g/mol. The zero-order valence-corrected chi connectivity index (χ0v) is 11.0. The number of nitrogens with one attached hydrogen (secondary N) is 1. The molecule has 0 fully saturated rings. The van der Waals surface area contributed by atoms with Crippen molar-refractivity contribution in [3.05, 3.63) is 27.6 Å². The second-order valence-electron chi connectivity index (χ2n) is 5.06. The quantitative estimate of drug-likeness (QED) is 0.887. The van der Waals surface area contributed by atoms with E-state index in [0.717, 1.165) is 0 Å². The average molecular weight is 266 g/mol. The number of rotatable bonds is 4. The Morgan fingerprint density at radius 1 is 1.56 bits per heavy atom. The van der Waals surface area contributed by atoms with Crippen LogP contribution >= 0.6 is 11.3 Å². The van der Waals surface area contributed by atoms with Crippen molar-refractivity contribution < 1.29 is 9.90 Å². The predicted molar refractivity (Wildman–Crippen MR) is 70.0 cm³/mol. The Balaban J connectivity index is 2.31. The molecule has 0 atom stereocenters. The predicted octanol–water partition coefficient (Wildman–Crippen LogP) is 2.03. The molecule has 0 aliphatic heterocycles. The maximum absolute atomic E-state index is 11.8. The first-order valence-electron chi connectivity index (χ1n) is 5.56. The fourth-order valence-electron chi connectivity index (χ4n) is 1.92. The third-order valence-electron chi connectivity index (χ3n) is 2.66. The van der Waals surface area contributed by atoms with Crippen LogP contribution in [-0.4, -0.2) is 21.0 Å². The van der Waals surface area contributed by atoms with Crippen molar-refractivity contribution in [2.45, 2.75) is 26.7 Å². The number of carboxylic acid groups (broad SMARTS) is 1. The van der Waals surface area contributed by atoms with Crippen LogP contribution in [0.2, 0.25) is 0 Å². The molecule has 0 radical (unpaired) electrons. The number of nitrogens with zero attached hydrogens (tertiary/aromatic N) is 1. The Hall–Kier alpha value is -1.69. The maximum atomic E-state index is 11.8. The van der Waals surface area contributed by atoms with Gasteiger partial charge >= 0.3 is 5.97 Å². The van der Waals surface area contributed by atoms with Gasteiger partial charge in [-0.1, -0.05) is 13.8 Å². The van der Waals surface area contributed by atoms with Gasteiger partial charge in [0.1, 0.15) is 10.7 Å². The highest BCUT2D eigenvalue weighted by atomic mass is 32.1. The summed E-state index contributed by atoms with van der Waals surface area (Å²) in [6.45, 7) is 3.69. The number of aromatic nitrogens is 2. The molecule has 0 bridgehead atoms. The van der Waals surface area contributed by atoms with Crippen LogP contribution in [0.25, 0.3) is 10.2 Å². The number of fused-ring (bicyclic) bond motifs is 1. The largest absolute Gasteiger partial charge is 0.481 e. The summed E-state index contributed by atoms with van der Waals surface area (Å²) in [5.74, 6) is -0.305. The van der Waals surface area contributed by atoms with Gasteiger partial charge in [-0.05, 0) is 16.9 Å². The molecule has 2 heterocycles. The minimum Gasteiger partial charge on any atom is -0.481 e. The fraction of sp³-hybridized carbons (Fsp3) is 0.417. The summed E-state index contributed by atoms with van der Waals surface area (Å²) >= 11 is 1.41. The second-order valence-corrected chi connectivity index (χ2v) is 5.96. The molecule has 0 aliphatic rings. The van der Waals surface area contributed by atoms with Crippen LogP contribution in [0.5, 0.6) is 0 Å². The van der Waals surface area contributed by atoms with Gasteiger partial charge in [-0.3, -0.25) is 9.59 Å². The van der Waals surface area contributed by atoms with Crippen molar-refractivity contribution in [2.24, 2.45) is 5.41 Å². The Kier molecular flexibility index (Phi) is 3.21. The number of aliphatic carboxylic acids is 1. The van der Waals surface area contributed by atoms with E-state index in [-0.39, 0.29) is 12.0 Å². The number of aromatic amines is 1. The minimum atomic E-state index is -0.848. The minimum absolute atomic E-state index is 0.0409. The van der Waals surface area contributed by atoms with Crippen LogP contribution in [0, 0.1) is 5.41 Å². The van der Waals surface area contributed by atoms with Gasteiger partial charge in [-0.15, -0.1) is 11.3 Å². The summed E-state index contributed by atoms with van der Waals surface area (Å²) in [4.78, 5) is 30.3. The van der Waals surface area contributed by atoms with Crippen LogP contribution in [-0.2, 0) is 11.2 Å². The second kappa shape index (κ2) is 4.53. The average Bonchev–Trinajstić information content (AvgIpc) is 2.62. The van der Waals surface area contributed by atoms with Crippen LogP contribution in [0.1, 0.15) is 26.1 Å². The fourth-order valence-corrected chi connectivity index (χ4v) is 2.70. The van der Waals surface area contributed by atoms with E-state index in [9.17, 15) is 9.59 Å². The van der Waals surface area contributed by atoms with Crippen LogP contribution in [0.4, 0.5) is 0 Å². The SMILES string of the molecule is CC(C)(CC(=O)O)Cc1nc2sccc2c(=O)[nH]1. The van der Waals surface area contributed by atoms with E-state index in [1.807, 2.05) is 19.2 Å². The number of carboxylic acids is 1. The molecule has 0 saturated carbocycles. The molecule has 2 aromatic heterocycles. The van der Waals surface area contributed by atoms with Gasteiger partial charge in [-0.25, -0.2) is 4.98 Å². The third kappa shape index (κ3) is 2.76. The van der Waals surface area contributed by atoms with E-state index in [2.05, 4.69) is 9.97 Å². The van der Waals surface area contributed by atoms with Crippen molar-refractivity contribution >= 4 is 27.5 Å². The topological polar surface area (TPSA) is 83.0 Å². The highest BCUT2D eigenvalue weighted by Gasteiger charge is 2.23. The lowest BCUT2D eigenvalue weighted by atomic mass is 9.85. The summed E-state index contributed by atoms with van der Waals surface area (Å²) < 4.78 is 0. The van der Waals surface area contributed by atoms with Gasteiger partial charge in [-0.2, -0.15) is 0 Å². The first kappa shape index (κ1) is 12.8. The van der Waals surface area contributed by atoms with Crippen molar-refractivity contribution in [1.82, 2.24) is 9.97 Å². The summed E-state index contributed by atoms with van der Waals surface area (Å²) in [5, 5.41) is 11.2. The molecule has 0 aromatic carbocycles. The zero-order chi connectivity index (χ0) is 13.3. The van der Waals surface area contributed by atoms with Crippen molar-refractivity contribution in [3.63, 3.8) is 0 Å². The molecule has 0 aliphatic carbocycles. The van der Waals surface area contributed by atoms with Gasteiger partial charge in [0.05, 0.1) is 11.8 Å². The number of H-pyrrole nitrogens is 1. The van der Waals surface area contributed by atoms with Crippen LogP contribution < -0.4 is 5.56 Å². The Bertz CT molecular complexity index is 642. The normalized spacial score (nSPS) is 11.9. The summed E-state index contributed by atoms with van der Waals surface area (Å²) in [6.07, 6.45) is 0.474. The summed E-state index contributed by atoms with van der Waals surface area (Å²) in [7, 11) is 0. The van der Waals surface area contributed by atoms with Crippen molar-refractivity contribution in [1.29, 1.82) is 0 Å². The summed E-state index contributed by atoms with van der Waals surface area (Å²) in [5.41, 5.74) is -0.602. The lowest BCUT2D eigenvalue weighted by Gasteiger charge is -2.21. The van der Waals surface area contributed by atoms with Gasteiger partial charge in [0.25, 0.3) is 5.56 Å². The van der Waals surface area contributed by atoms with Crippen LogP contribution in [0.3, 0.4) is 0 Å². The molecular formula is C12H14N2O3S. The van der Waals surface area contributed by atoms with E-state index >= 15 is 0 Å². The van der Waals surface area contributed by atoms with Gasteiger partial charge in [0.15, 0.2) is 0 Å². The molecule has 96 valence electrons. The Labute approximate surface area is 107 Å². The standard InChI is InChI=1S/C12H14N2O3S/c1-12(2,6-9(15)16)5-8-13-10(17)7-3-4-18-11(7)14-8/h3-4H,5-6H2,1-2H3,(H,15,16)(H,13,14,17). The highest BCUT2D eigenvalue weighted by molar-refractivity contribution is 7.16. The van der Waals surface area contributed by atoms with E-state index in [4.69, 9.17) is 5.11 Å². The summed E-state index contributed by atoms with van der Waals surface area (Å²) in [6, 6.07) is 1.73. The van der Waals surface area contributed by atoms with Crippen LogP contribution in [0.15, 0.2) is 16.2 Å². The smallest absolute Gasteiger partial charge is 0.303 e. The first-order chi connectivity index (χ1) is 8.37. The number of hydrogen-bond donors (Lipinski definition) is 2. The molecule has 0 spiro atoms. The molecule has 0 unspecified atom stereocenters. The molecule has 6 heteroatoms. The maximum Gasteiger partial charge on any atom is 0.303 e. The highest BCUT2D eigenvalue weighted by Crippen LogP contribution is 2.25. The van der Waals surface area contributed by atoms with Gasteiger partial charge in [0, 0.05) is 6.42 Å². The van der Waals surface area contributed by atoms with Crippen molar-refractivity contribution in [3.8, 4) is 0 Å². The van der Waals surface area contributed by atoms with E-state index in [0.29, 0.717) is 22.5 Å². The van der Waals surface area contributed by atoms with E-state index < -0.39 is 11.4 Å². The van der Waals surface area contributed by atoms with Gasteiger partial charge in [0.2, 0.25) is 0 Å². The molecule has 2 N–H and O–H groups in total. The number of hydrogen-bond acceptors (Lipinski definition) is 4. The molecule has 2 rings (SSSR count). The zero-order valence-electron chi connectivity index (χ0n) is 10.2. The lowest BCUT2D eigenvalue weighted by molar-refractivity contribution is -0.139.